The maximum atomic E-state index is 4.81. The molecule has 0 amide bonds. The zero-order chi connectivity index (χ0) is 13.5. The number of hydrogen-bond acceptors (Lipinski definition) is 0. The van der Waals surface area contributed by atoms with Crippen LogP contribution in [-0.2, 0) is 21.3 Å². The Morgan fingerprint density at radius 2 is 1.59 bits per heavy atom. The fourth-order valence-corrected chi connectivity index (χ4v) is 12.2. The minimum absolute atomic E-state index is 0. The van der Waals surface area contributed by atoms with Gasteiger partial charge in [-0.25, -0.2) is 0 Å². The SMILES string of the molecule is [CH2]=[Zr+2]([C]1=CC=CC1)[CH]1C2C=CC=CC2C2CCCCC21.[Cl-].[Cl-]. The number of hydrogen-bond donors (Lipinski definition) is 0. The van der Waals surface area contributed by atoms with Crippen LogP contribution in [-0.4, -0.2) is 4.21 Å². The standard InChI is InChI=1S/C13H17.C5H5.CH2.2ClH.Zr/c1-3-7-12-10(5-1)9-11-6-2-4-8-13(11)12;1-2-4-5-3-1;;;;/h1,3,5,7,9-13H,2,4,6,8H2;1-3H,4H2;1H2;2*1H;/q;;;;;+2/p-2. The van der Waals surface area contributed by atoms with Crippen LogP contribution in [0, 0.1) is 23.7 Å². The van der Waals surface area contributed by atoms with E-state index in [1.54, 1.807) is 3.28 Å². The van der Waals surface area contributed by atoms with Crippen LogP contribution >= 0.6 is 0 Å². The molecule has 0 spiro atoms. The van der Waals surface area contributed by atoms with Crippen molar-refractivity contribution in [1.29, 1.82) is 0 Å². The summed E-state index contributed by atoms with van der Waals surface area (Å²) in [6.45, 7) is 0. The first-order valence-electron chi connectivity index (χ1n) is 8.26. The van der Waals surface area contributed by atoms with Crippen molar-refractivity contribution in [3.05, 3.63) is 45.8 Å². The fourth-order valence-electron chi connectivity index (χ4n) is 5.22. The first-order chi connectivity index (χ1) is 9.86. The maximum Gasteiger partial charge on any atom is -1.00 e. The molecule has 0 nitrogen and oxygen atoms in total. The molecule has 3 heteroatoms. The van der Waals surface area contributed by atoms with Crippen LogP contribution in [0.15, 0.2) is 45.8 Å². The monoisotopic (exact) mass is 412 g/mol. The fraction of sp³-hybridized carbons (Fsp3) is 0.526. The predicted octanol–water partition coefficient (Wildman–Crippen LogP) is -1.14. The smallest absolute Gasteiger partial charge is 1.00 e. The van der Waals surface area contributed by atoms with Crippen molar-refractivity contribution >= 4 is 4.21 Å². The molecule has 4 aliphatic carbocycles. The zero-order valence-corrected chi connectivity index (χ0v) is 16.9. The van der Waals surface area contributed by atoms with E-state index in [-0.39, 0.29) is 24.8 Å². The molecule has 0 aromatic rings. The van der Waals surface area contributed by atoms with Gasteiger partial charge in [-0.05, 0) is 0 Å². The van der Waals surface area contributed by atoms with Gasteiger partial charge in [0.25, 0.3) is 0 Å². The molecule has 0 N–H and O–H groups in total. The summed E-state index contributed by atoms with van der Waals surface area (Å²) in [6.07, 6.45) is 23.8. The average Bonchev–Trinajstić information content (AvgIpc) is 3.13. The topological polar surface area (TPSA) is 0 Å². The predicted molar refractivity (Wildman–Crippen MR) is 83.4 cm³/mol. The molecule has 5 unspecified atom stereocenters. The molecule has 118 valence electrons. The van der Waals surface area contributed by atoms with E-state index in [0.717, 1.165) is 27.3 Å². The van der Waals surface area contributed by atoms with Gasteiger partial charge in [0.2, 0.25) is 0 Å². The molecule has 0 bridgehead atoms. The van der Waals surface area contributed by atoms with Gasteiger partial charge >= 0.3 is 131 Å². The zero-order valence-electron chi connectivity index (χ0n) is 12.9. The van der Waals surface area contributed by atoms with Crippen LogP contribution in [0.5, 0.6) is 0 Å². The molecule has 4 aliphatic rings. The summed E-state index contributed by atoms with van der Waals surface area (Å²) in [5.41, 5.74) is 0. The third kappa shape index (κ3) is 3.11. The van der Waals surface area contributed by atoms with Crippen molar-refractivity contribution in [2.75, 3.05) is 0 Å². The summed E-state index contributed by atoms with van der Waals surface area (Å²) in [5.74, 6) is 3.66. The minimum Gasteiger partial charge on any atom is -1.00 e. The van der Waals surface area contributed by atoms with Crippen molar-refractivity contribution in [3.63, 3.8) is 0 Å². The first kappa shape index (κ1) is 18.6. The van der Waals surface area contributed by atoms with Gasteiger partial charge in [0.15, 0.2) is 0 Å². The quantitative estimate of drug-likeness (QED) is 0.536. The van der Waals surface area contributed by atoms with Gasteiger partial charge in [-0.15, -0.1) is 0 Å². The van der Waals surface area contributed by atoms with E-state index in [9.17, 15) is 0 Å². The van der Waals surface area contributed by atoms with E-state index in [2.05, 4.69) is 42.5 Å². The van der Waals surface area contributed by atoms with E-state index in [0.29, 0.717) is 0 Å². The second-order valence-electron chi connectivity index (χ2n) is 6.91. The molecule has 0 radical (unpaired) electrons. The Bertz CT molecular complexity index is 544. The van der Waals surface area contributed by atoms with E-state index < -0.39 is 21.3 Å². The van der Waals surface area contributed by atoms with Gasteiger partial charge in [-0.2, -0.15) is 0 Å². The average molecular weight is 415 g/mol. The summed E-state index contributed by atoms with van der Waals surface area (Å²) in [7, 11) is 0. The molecule has 0 aromatic carbocycles. The summed E-state index contributed by atoms with van der Waals surface area (Å²) in [6, 6.07) is 0. The van der Waals surface area contributed by atoms with Crippen molar-refractivity contribution in [1.82, 2.24) is 0 Å². The normalized spacial score (nSPS) is 37.2. The van der Waals surface area contributed by atoms with Crippen LogP contribution in [0.2, 0.25) is 3.63 Å². The summed E-state index contributed by atoms with van der Waals surface area (Å²) < 4.78 is 7.56. The second-order valence-corrected chi connectivity index (χ2v) is 12.7. The van der Waals surface area contributed by atoms with Gasteiger partial charge in [0.05, 0.1) is 0 Å². The number of allylic oxidation sites excluding steroid dienone is 8. The molecule has 4 rings (SSSR count). The van der Waals surface area contributed by atoms with Crippen LogP contribution in [0.3, 0.4) is 0 Å². The van der Waals surface area contributed by atoms with Gasteiger partial charge in [0, 0.05) is 0 Å². The molecule has 5 atom stereocenters. The third-order valence-electron chi connectivity index (χ3n) is 6.05. The first-order valence-corrected chi connectivity index (χ1v) is 12.6. The molecular formula is C19H24Cl2Zr. The van der Waals surface area contributed by atoms with Crippen LogP contribution in [0.4, 0.5) is 0 Å². The van der Waals surface area contributed by atoms with Crippen molar-refractivity contribution in [3.8, 4) is 0 Å². The molecule has 22 heavy (non-hydrogen) atoms. The minimum atomic E-state index is -1.68. The number of rotatable bonds is 2. The largest absolute Gasteiger partial charge is 1.00 e. The van der Waals surface area contributed by atoms with Gasteiger partial charge in [-0.1, -0.05) is 0 Å². The molecule has 2 fully saturated rings. The Morgan fingerprint density at radius 3 is 2.27 bits per heavy atom. The third-order valence-corrected chi connectivity index (χ3v) is 13.0. The Kier molecular flexibility index (Phi) is 6.70. The van der Waals surface area contributed by atoms with Crippen molar-refractivity contribution in [2.24, 2.45) is 23.7 Å². The van der Waals surface area contributed by atoms with E-state index in [1.165, 1.54) is 32.1 Å². The van der Waals surface area contributed by atoms with E-state index in [4.69, 9.17) is 4.21 Å². The molecule has 0 aliphatic heterocycles. The Labute approximate surface area is 154 Å². The van der Waals surface area contributed by atoms with Crippen LogP contribution in [0.25, 0.3) is 0 Å². The van der Waals surface area contributed by atoms with Gasteiger partial charge in [0.1, 0.15) is 0 Å². The van der Waals surface area contributed by atoms with Crippen molar-refractivity contribution < 1.29 is 46.1 Å². The van der Waals surface area contributed by atoms with Crippen LogP contribution < -0.4 is 24.8 Å². The van der Waals surface area contributed by atoms with E-state index >= 15 is 0 Å². The molecule has 0 saturated heterocycles. The summed E-state index contributed by atoms with van der Waals surface area (Å²) >= 11 is -1.68. The van der Waals surface area contributed by atoms with Gasteiger partial charge in [-0.3, -0.25) is 0 Å². The number of halogens is 2. The van der Waals surface area contributed by atoms with Gasteiger partial charge < -0.3 is 24.8 Å². The molecule has 0 aromatic heterocycles. The Balaban J connectivity index is 0.000000882. The summed E-state index contributed by atoms with van der Waals surface area (Å²) in [5, 5.41) is 0. The Hall–Kier alpha value is 0.293. The molecular weight excluding hydrogens is 390 g/mol. The summed E-state index contributed by atoms with van der Waals surface area (Å²) in [4.78, 5) is 0. The van der Waals surface area contributed by atoms with Crippen LogP contribution in [0.1, 0.15) is 32.1 Å². The Morgan fingerprint density at radius 1 is 0.909 bits per heavy atom. The number of fused-ring (bicyclic) bond motifs is 3. The maximum absolute atomic E-state index is 4.81. The molecule has 2 saturated carbocycles. The van der Waals surface area contributed by atoms with Crippen molar-refractivity contribution in [2.45, 2.75) is 35.7 Å². The molecule has 0 heterocycles. The van der Waals surface area contributed by atoms with E-state index in [1.807, 2.05) is 0 Å². The second kappa shape index (κ2) is 7.91.